The van der Waals surface area contributed by atoms with Crippen molar-refractivity contribution >= 4 is 35.0 Å². The van der Waals surface area contributed by atoms with Gasteiger partial charge in [-0.15, -0.1) is 0 Å². The minimum atomic E-state index is -0.214. The molecule has 0 bridgehead atoms. The topological polar surface area (TPSA) is 84.2 Å². The maximum absolute atomic E-state index is 12.6. The third-order valence-electron chi connectivity index (χ3n) is 5.35. The summed E-state index contributed by atoms with van der Waals surface area (Å²) in [5.41, 5.74) is 4.16. The van der Waals surface area contributed by atoms with E-state index in [2.05, 4.69) is 11.4 Å². The van der Waals surface area contributed by atoms with Gasteiger partial charge in [-0.3, -0.25) is 4.79 Å². The summed E-state index contributed by atoms with van der Waals surface area (Å²) in [6.45, 7) is 0. The summed E-state index contributed by atoms with van der Waals surface area (Å²) in [5, 5.41) is 14.0. The predicted molar refractivity (Wildman–Crippen MR) is 144 cm³/mol. The molecule has 0 aliphatic heterocycles. The van der Waals surface area contributed by atoms with Gasteiger partial charge in [0.05, 0.1) is 31.2 Å². The molecule has 0 aliphatic carbocycles. The molecule has 0 radical (unpaired) electrons. The van der Waals surface area contributed by atoms with Gasteiger partial charge in [-0.1, -0.05) is 35.5 Å². The van der Waals surface area contributed by atoms with Gasteiger partial charge in [0, 0.05) is 21.8 Å². The van der Waals surface area contributed by atoms with E-state index in [-0.39, 0.29) is 11.7 Å². The molecular weight excluding hydrogens is 494 g/mol. The summed E-state index contributed by atoms with van der Waals surface area (Å²) in [6, 6.07) is 26.1. The van der Waals surface area contributed by atoms with Crippen LogP contribution in [0.25, 0.3) is 22.4 Å². The number of thioether (sulfide) groups is 1. The molecular formula is C28H22ClN3O3S. The van der Waals surface area contributed by atoms with Crippen LogP contribution in [0, 0.1) is 11.3 Å². The number of carbonyl (C=O) groups excluding carboxylic acids is 1. The second-order valence-corrected chi connectivity index (χ2v) is 9.05. The van der Waals surface area contributed by atoms with E-state index in [9.17, 15) is 10.1 Å². The van der Waals surface area contributed by atoms with Crippen molar-refractivity contribution < 1.29 is 14.3 Å². The van der Waals surface area contributed by atoms with E-state index in [0.29, 0.717) is 27.0 Å². The molecule has 3 aromatic carbocycles. The van der Waals surface area contributed by atoms with E-state index in [1.165, 1.54) is 11.8 Å². The first-order valence-corrected chi connectivity index (χ1v) is 12.3. The fourth-order valence-corrected chi connectivity index (χ4v) is 4.44. The number of hydrogen-bond donors (Lipinski definition) is 1. The van der Waals surface area contributed by atoms with E-state index < -0.39 is 0 Å². The van der Waals surface area contributed by atoms with Crippen LogP contribution in [-0.4, -0.2) is 30.9 Å². The number of rotatable bonds is 8. The fourth-order valence-electron chi connectivity index (χ4n) is 3.51. The van der Waals surface area contributed by atoms with E-state index >= 15 is 0 Å². The molecule has 1 aromatic heterocycles. The highest BCUT2D eigenvalue weighted by atomic mass is 35.5. The zero-order valence-corrected chi connectivity index (χ0v) is 21.2. The minimum Gasteiger partial charge on any atom is -0.497 e. The van der Waals surface area contributed by atoms with Gasteiger partial charge in [0.2, 0.25) is 5.91 Å². The van der Waals surface area contributed by atoms with Crippen molar-refractivity contribution in [3.8, 4) is 40.0 Å². The van der Waals surface area contributed by atoms with Crippen molar-refractivity contribution in [2.45, 2.75) is 5.03 Å². The SMILES string of the molecule is COc1ccc(-c2cc(-c3ccc(OC)cc3)c(C#N)c(SCC(=O)Nc3ccc(Cl)cc3)n2)cc1. The molecule has 0 saturated heterocycles. The Morgan fingerprint density at radius 2 is 1.53 bits per heavy atom. The molecule has 6 nitrogen and oxygen atoms in total. The first-order valence-electron chi connectivity index (χ1n) is 10.9. The van der Waals surface area contributed by atoms with Gasteiger partial charge in [0.15, 0.2) is 0 Å². The van der Waals surface area contributed by atoms with Crippen LogP contribution in [0.2, 0.25) is 5.02 Å². The highest BCUT2D eigenvalue weighted by Crippen LogP contribution is 2.35. The average molecular weight is 516 g/mol. The Morgan fingerprint density at radius 3 is 2.08 bits per heavy atom. The number of ether oxygens (including phenoxy) is 2. The van der Waals surface area contributed by atoms with Gasteiger partial charge >= 0.3 is 0 Å². The molecule has 0 unspecified atom stereocenters. The Balaban J connectivity index is 1.69. The van der Waals surface area contributed by atoms with Crippen molar-refractivity contribution in [3.05, 3.63) is 89.4 Å². The zero-order chi connectivity index (χ0) is 25.5. The summed E-state index contributed by atoms with van der Waals surface area (Å²) in [7, 11) is 3.22. The summed E-state index contributed by atoms with van der Waals surface area (Å²) >= 11 is 7.13. The van der Waals surface area contributed by atoms with Crippen molar-refractivity contribution in [1.82, 2.24) is 4.98 Å². The largest absolute Gasteiger partial charge is 0.497 e. The third kappa shape index (κ3) is 5.98. The zero-order valence-electron chi connectivity index (χ0n) is 19.6. The van der Waals surface area contributed by atoms with E-state index in [4.69, 9.17) is 26.1 Å². The molecule has 8 heteroatoms. The predicted octanol–water partition coefficient (Wildman–Crippen LogP) is 6.69. The molecule has 36 heavy (non-hydrogen) atoms. The lowest BCUT2D eigenvalue weighted by atomic mass is 9.99. The van der Waals surface area contributed by atoms with Crippen molar-refractivity contribution in [2.24, 2.45) is 0 Å². The first kappa shape index (κ1) is 25.1. The van der Waals surface area contributed by atoms with Crippen molar-refractivity contribution in [1.29, 1.82) is 5.26 Å². The van der Waals surface area contributed by atoms with Crippen LogP contribution in [0.4, 0.5) is 5.69 Å². The second kappa shape index (κ2) is 11.6. The number of hydrogen-bond acceptors (Lipinski definition) is 6. The molecule has 4 rings (SSSR count). The standard InChI is InChI=1S/C28H22ClN3O3S/c1-34-22-11-3-18(4-12-22)24-15-26(19-5-13-23(35-2)14-6-19)32-28(25(24)16-30)36-17-27(33)31-21-9-7-20(29)8-10-21/h3-15H,17H2,1-2H3,(H,31,33). The monoisotopic (exact) mass is 515 g/mol. The molecule has 0 aliphatic rings. The first-order chi connectivity index (χ1) is 17.5. The maximum Gasteiger partial charge on any atom is 0.234 e. The lowest BCUT2D eigenvalue weighted by Crippen LogP contribution is -2.14. The van der Waals surface area contributed by atoms with Gasteiger partial charge in [-0.25, -0.2) is 4.98 Å². The molecule has 0 spiro atoms. The number of nitrogens with one attached hydrogen (secondary N) is 1. The molecule has 180 valence electrons. The van der Waals surface area contributed by atoms with Crippen molar-refractivity contribution in [2.75, 3.05) is 25.3 Å². The Hall–Kier alpha value is -3.99. The quantitative estimate of drug-likeness (QED) is 0.263. The van der Waals surface area contributed by atoms with Gasteiger partial charge < -0.3 is 14.8 Å². The van der Waals surface area contributed by atoms with E-state index in [1.807, 2.05) is 54.6 Å². The normalized spacial score (nSPS) is 10.4. The Morgan fingerprint density at radius 1 is 0.944 bits per heavy atom. The second-order valence-electron chi connectivity index (χ2n) is 7.65. The van der Waals surface area contributed by atoms with Gasteiger partial charge in [0.1, 0.15) is 22.6 Å². The minimum absolute atomic E-state index is 0.0818. The highest BCUT2D eigenvalue weighted by Gasteiger charge is 2.17. The van der Waals surface area contributed by atoms with Gasteiger partial charge in [-0.2, -0.15) is 5.26 Å². The molecule has 0 atom stereocenters. The van der Waals surface area contributed by atoms with Crippen LogP contribution in [0.3, 0.4) is 0 Å². The number of methoxy groups -OCH3 is 2. The van der Waals surface area contributed by atoms with E-state index in [1.54, 1.807) is 38.5 Å². The number of halogens is 1. The van der Waals surface area contributed by atoms with Crippen LogP contribution in [0.1, 0.15) is 5.56 Å². The number of aromatic nitrogens is 1. The van der Waals surface area contributed by atoms with Gasteiger partial charge in [0.25, 0.3) is 0 Å². The molecule has 1 N–H and O–H groups in total. The molecule has 1 heterocycles. The number of amides is 1. The Bertz CT molecular complexity index is 1400. The third-order valence-corrected chi connectivity index (χ3v) is 6.58. The fraction of sp³-hybridized carbons (Fsp3) is 0.107. The highest BCUT2D eigenvalue weighted by molar-refractivity contribution is 8.00. The lowest BCUT2D eigenvalue weighted by molar-refractivity contribution is -0.113. The van der Waals surface area contributed by atoms with Crippen LogP contribution in [0.15, 0.2) is 83.9 Å². The van der Waals surface area contributed by atoms with Crippen LogP contribution < -0.4 is 14.8 Å². The molecule has 1 amide bonds. The number of pyridine rings is 1. The van der Waals surface area contributed by atoms with Crippen LogP contribution in [0.5, 0.6) is 11.5 Å². The summed E-state index contributed by atoms with van der Waals surface area (Å²) < 4.78 is 10.5. The molecule has 0 saturated carbocycles. The van der Waals surface area contributed by atoms with E-state index in [0.717, 1.165) is 28.2 Å². The molecule has 0 fully saturated rings. The van der Waals surface area contributed by atoms with Crippen molar-refractivity contribution in [3.63, 3.8) is 0 Å². The Kier molecular flexibility index (Phi) is 8.11. The maximum atomic E-state index is 12.6. The summed E-state index contributed by atoms with van der Waals surface area (Å²) in [4.78, 5) is 17.4. The number of anilines is 1. The van der Waals surface area contributed by atoms with Crippen LogP contribution in [-0.2, 0) is 4.79 Å². The average Bonchev–Trinajstić information content (AvgIpc) is 2.92. The number of nitriles is 1. The number of nitrogens with zero attached hydrogens (tertiary/aromatic N) is 2. The number of carbonyl (C=O) groups is 1. The molecule has 4 aromatic rings. The summed E-state index contributed by atoms with van der Waals surface area (Å²) in [5.74, 6) is 1.32. The number of benzene rings is 3. The Labute approximate surface area is 218 Å². The van der Waals surface area contributed by atoms with Gasteiger partial charge in [-0.05, 0) is 72.3 Å². The smallest absolute Gasteiger partial charge is 0.234 e. The lowest BCUT2D eigenvalue weighted by Gasteiger charge is -2.13. The summed E-state index contributed by atoms with van der Waals surface area (Å²) in [6.07, 6.45) is 0. The van der Waals surface area contributed by atoms with Crippen LogP contribution >= 0.6 is 23.4 Å².